The van der Waals surface area contributed by atoms with Gasteiger partial charge in [-0.25, -0.2) is 0 Å². The Bertz CT molecular complexity index is 485. The minimum atomic E-state index is -0.863. The van der Waals surface area contributed by atoms with Gasteiger partial charge in [-0.1, -0.05) is 6.92 Å². The highest BCUT2D eigenvalue weighted by Gasteiger charge is 2.04. The van der Waals surface area contributed by atoms with Crippen LogP contribution in [0.3, 0.4) is 0 Å². The van der Waals surface area contributed by atoms with Gasteiger partial charge in [0.1, 0.15) is 13.2 Å². The van der Waals surface area contributed by atoms with Gasteiger partial charge in [0.2, 0.25) is 0 Å². The highest BCUT2D eigenvalue weighted by molar-refractivity contribution is 5.70. The molecule has 0 bridgehead atoms. The monoisotopic (exact) mass is 480 g/mol. The van der Waals surface area contributed by atoms with Crippen molar-refractivity contribution < 1.29 is 52.6 Å². The first-order valence-electron chi connectivity index (χ1n) is 11.5. The summed E-state index contributed by atoms with van der Waals surface area (Å²) in [6.45, 7) is 6.46. The summed E-state index contributed by atoms with van der Waals surface area (Å²) < 4.78 is 36.6. The molecule has 194 valence electrons. The third-order valence-electron chi connectivity index (χ3n) is 3.95. The summed E-state index contributed by atoms with van der Waals surface area (Å²) in [4.78, 5) is 32.9. The minimum Gasteiger partial charge on any atom is -0.481 e. The number of unbranched alkanes of at least 4 members (excludes halogenated alkanes) is 1. The van der Waals surface area contributed by atoms with E-state index in [0.29, 0.717) is 78.7 Å². The number of ether oxygens (including phenoxy) is 7. The number of hydrogen-bond acceptors (Lipinski definition) is 10. The van der Waals surface area contributed by atoms with Gasteiger partial charge >= 0.3 is 17.9 Å². The molecule has 0 fully saturated rings. The van der Waals surface area contributed by atoms with Crippen LogP contribution in [-0.2, 0) is 47.5 Å². The Kier molecular flexibility index (Phi) is 23.5. The summed E-state index contributed by atoms with van der Waals surface area (Å²) in [5.41, 5.74) is 0. The summed E-state index contributed by atoms with van der Waals surface area (Å²) in [5, 5.41) is 8.50. The predicted octanol–water partition coefficient (Wildman–Crippen LogP) is 1.60. The predicted molar refractivity (Wildman–Crippen MR) is 117 cm³/mol. The van der Waals surface area contributed by atoms with Gasteiger partial charge in [0.05, 0.1) is 66.1 Å². The first-order chi connectivity index (χ1) is 16.1. The number of hydrogen-bond donors (Lipinski definition) is 1. The number of carboxylic acids is 1. The fraction of sp³-hybridized carbons (Fsp3) is 0.864. The topological polar surface area (TPSA) is 136 Å². The Hall–Kier alpha value is -1.79. The highest BCUT2D eigenvalue weighted by atomic mass is 16.6. The summed E-state index contributed by atoms with van der Waals surface area (Å²) >= 11 is 0. The van der Waals surface area contributed by atoms with E-state index in [-0.39, 0.29) is 44.6 Å². The number of carbonyl (C=O) groups excluding carboxylic acids is 2. The molecule has 0 unspecified atom stereocenters. The molecule has 0 saturated carbocycles. The minimum absolute atomic E-state index is 0.0615. The lowest BCUT2D eigenvalue weighted by molar-refractivity contribution is -0.146. The molecule has 0 aromatic carbocycles. The van der Waals surface area contributed by atoms with Crippen LogP contribution in [0.4, 0.5) is 0 Å². The third kappa shape index (κ3) is 26.3. The van der Waals surface area contributed by atoms with Crippen LogP contribution >= 0.6 is 0 Å². The first-order valence-corrected chi connectivity index (χ1v) is 11.5. The van der Waals surface area contributed by atoms with Gasteiger partial charge in [0.15, 0.2) is 0 Å². The molecular formula is C22H40O11. The van der Waals surface area contributed by atoms with E-state index in [9.17, 15) is 14.4 Å². The van der Waals surface area contributed by atoms with E-state index in [4.69, 9.17) is 38.3 Å². The van der Waals surface area contributed by atoms with Gasteiger partial charge in [-0.05, 0) is 19.3 Å². The van der Waals surface area contributed by atoms with Crippen molar-refractivity contribution in [2.45, 2.75) is 45.4 Å². The van der Waals surface area contributed by atoms with Crippen molar-refractivity contribution in [1.29, 1.82) is 0 Å². The molecule has 0 aliphatic rings. The second kappa shape index (κ2) is 24.8. The molecule has 0 rings (SSSR count). The zero-order valence-corrected chi connectivity index (χ0v) is 19.8. The number of carbonyl (C=O) groups is 3. The van der Waals surface area contributed by atoms with Crippen molar-refractivity contribution >= 4 is 17.9 Å². The van der Waals surface area contributed by atoms with E-state index in [1.807, 2.05) is 6.92 Å². The molecular weight excluding hydrogens is 440 g/mol. The Morgan fingerprint density at radius 2 is 0.848 bits per heavy atom. The van der Waals surface area contributed by atoms with Crippen molar-refractivity contribution in [1.82, 2.24) is 0 Å². The van der Waals surface area contributed by atoms with E-state index >= 15 is 0 Å². The normalized spacial score (nSPS) is 10.8. The molecule has 0 atom stereocenters. The fourth-order valence-corrected chi connectivity index (χ4v) is 2.30. The first kappa shape index (κ1) is 31.2. The van der Waals surface area contributed by atoms with E-state index < -0.39 is 5.97 Å². The van der Waals surface area contributed by atoms with Crippen molar-refractivity contribution in [3.05, 3.63) is 0 Å². The zero-order valence-electron chi connectivity index (χ0n) is 19.8. The van der Waals surface area contributed by atoms with Crippen molar-refractivity contribution in [2.75, 3.05) is 79.3 Å². The second-order valence-electron chi connectivity index (χ2n) is 6.85. The largest absolute Gasteiger partial charge is 0.481 e. The summed E-state index contributed by atoms with van der Waals surface area (Å²) in [5.74, 6) is -1.41. The van der Waals surface area contributed by atoms with E-state index in [0.717, 1.165) is 6.42 Å². The van der Waals surface area contributed by atoms with Crippen molar-refractivity contribution in [3.8, 4) is 0 Å². The molecule has 0 amide bonds. The molecule has 0 aliphatic carbocycles. The molecule has 1 N–H and O–H groups in total. The van der Waals surface area contributed by atoms with Crippen LogP contribution in [0, 0.1) is 0 Å². The maximum atomic E-state index is 11.4. The molecule has 0 radical (unpaired) electrons. The number of esters is 2. The Morgan fingerprint density at radius 3 is 1.21 bits per heavy atom. The van der Waals surface area contributed by atoms with Gasteiger partial charge in [-0.15, -0.1) is 0 Å². The summed E-state index contributed by atoms with van der Waals surface area (Å²) in [6, 6.07) is 0. The summed E-state index contributed by atoms with van der Waals surface area (Å²) in [7, 11) is 0. The standard InChI is InChI=1S/C22H40O11/c1-2-5-21(25)32-18-16-30-14-12-28-10-8-27-9-11-29-13-15-31-17-19-33-22(26)7-4-3-6-20(23)24/h2-19H2,1H3,(H,23,24). The Labute approximate surface area is 195 Å². The molecule has 11 heteroatoms. The molecule has 0 saturated heterocycles. The van der Waals surface area contributed by atoms with Crippen LogP contribution in [0.1, 0.15) is 45.4 Å². The van der Waals surface area contributed by atoms with Gasteiger partial charge in [-0.3, -0.25) is 14.4 Å². The van der Waals surface area contributed by atoms with Crippen LogP contribution in [-0.4, -0.2) is 102 Å². The second-order valence-corrected chi connectivity index (χ2v) is 6.85. The Morgan fingerprint density at radius 1 is 0.515 bits per heavy atom. The van der Waals surface area contributed by atoms with Gasteiger partial charge in [-0.2, -0.15) is 0 Å². The fourth-order valence-electron chi connectivity index (χ4n) is 2.30. The molecule has 0 heterocycles. The molecule has 0 aliphatic heterocycles. The van der Waals surface area contributed by atoms with Gasteiger partial charge in [0.25, 0.3) is 0 Å². The molecule has 0 aromatic rings. The number of aliphatic carboxylic acids is 1. The van der Waals surface area contributed by atoms with Crippen LogP contribution in [0.5, 0.6) is 0 Å². The lowest BCUT2D eigenvalue weighted by atomic mass is 10.2. The molecule has 33 heavy (non-hydrogen) atoms. The molecule has 11 nitrogen and oxygen atoms in total. The van der Waals surface area contributed by atoms with Crippen LogP contribution in [0.25, 0.3) is 0 Å². The van der Waals surface area contributed by atoms with Crippen molar-refractivity contribution in [3.63, 3.8) is 0 Å². The maximum Gasteiger partial charge on any atom is 0.305 e. The summed E-state index contributed by atoms with van der Waals surface area (Å²) in [6.07, 6.45) is 2.45. The maximum absolute atomic E-state index is 11.4. The van der Waals surface area contributed by atoms with E-state index in [2.05, 4.69) is 0 Å². The van der Waals surface area contributed by atoms with Crippen LogP contribution in [0.15, 0.2) is 0 Å². The van der Waals surface area contributed by atoms with E-state index in [1.165, 1.54) is 0 Å². The smallest absolute Gasteiger partial charge is 0.305 e. The van der Waals surface area contributed by atoms with Gasteiger partial charge < -0.3 is 38.3 Å². The van der Waals surface area contributed by atoms with Crippen molar-refractivity contribution in [2.24, 2.45) is 0 Å². The number of rotatable bonds is 25. The average Bonchev–Trinajstić information content (AvgIpc) is 2.78. The quantitative estimate of drug-likeness (QED) is 0.151. The molecule has 0 aromatic heterocycles. The lowest BCUT2D eigenvalue weighted by Gasteiger charge is -2.08. The van der Waals surface area contributed by atoms with Gasteiger partial charge in [0, 0.05) is 19.3 Å². The number of carboxylic acid groups (broad SMARTS) is 1. The average molecular weight is 481 g/mol. The molecule has 0 spiro atoms. The van der Waals surface area contributed by atoms with E-state index in [1.54, 1.807) is 0 Å². The zero-order chi connectivity index (χ0) is 24.4. The Balaban J connectivity index is 3.15. The third-order valence-corrected chi connectivity index (χ3v) is 3.95. The highest BCUT2D eigenvalue weighted by Crippen LogP contribution is 2.01. The lowest BCUT2D eigenvalue weighted by Crippen LogP contribution is -2.15. The van der Waals surface area contributed by atoms with Crippen LogP contribution in [0.2, 0.25) is 0 Å². The SMILES string of the molecule is CCCC(=O)OCCOCCOCCOCCOCCOCCOC(=O)CCCCC(=O)O. The van der Waals surface area contributed by atoms with Crippen LogP contribution < -0.4 is 0 Å².